The van der Waals surface area contributed by atoms with Gasteiger partial charge < -0.3 is 19.6 Å². The molecule has 0 saturated heterocycles. The van der Waals surface area contributed by atoms with Gasteiger partial charge in [-0.05, 0) is 73.5 Å². The van der Waals surface area contributed by atoms with Crippen molar-refractivity contribution in [2.45, 2.75) is 13.8 Å². The standard InChI is InChI=1S/C26H22N2O5/c1-15-11-16(2)13-20(12-15)27-24(29)21-14-18-5-4-6-22(32-3)23(18)33-25(21)28-19-9-7-17(8-10-19)26(30)31/h4-14H,1-3H3,(H,27,29)(H,30,31). The van der Waals surface area contributed by atoms with Crippen LogP contribution in [0.1, 0.15) is 31.8 Å². The molecule has 0 saturated carbocycles. The maximum absolute atomic E-state index is 13.2. The van der Waals surface area contributed by atoms with Crippen LogP contribution >= 0.6 is 0 Å². The first-order valence-electron chi connectivity index (χ1n) is 10.2. The van der Waals surface area contributed by atoms with Crippen LogP contribution in [0.25, 0.3) is 11.0 Å². The van der Waals surface area contributed by atoms with E-state index in [4.69, 9.17) is 14.3 Å². The highest BCUT2D eigenvalue weighted by Crippen LogP contribution is 2.25. The number of carbonyl (C=O) groups is 2. The fourth-order valence-corrected chi connectivity index (χ4v) is 3.57. The van der Waals surface area contributed by atoms with E-state index in [0.717, 1.165) is 11.1 Å². The first-order chi connectivity index (χ1) is 15.8. The minimum Gasteiger partial charge on any atom is -0.493 e. The summed E-state index contributed by atoms with van der Waals surface area (Å²) < 4.78 is 11.4. The number of anilines is 1. The van der Waals surface area contributed by atoms with Crippen LogP contribution in [-0.2, 0) is 0 Å². The maximum atomic E-state index is 13.2. The molecule has 0 bridgehead atoms. The Morgan fingerprint density at radius 1 is 0.970 bits per heavy atom. The Bertz CT molecular complexity index is 1420. The minimum absolute atomic E-state index is 0.0805. The zero-order valence-electron chi connectivity index (χ0n) is 18.4. The molecule has 3 aromatic carbocycles. The van der Waals surface area contributed by atoms with Gasteiger partial charge in [0.2, 0.25) is 5.55 Å². The molecule has 4 rings (SSSR count). The molecule has 0 unspecified atom stereocenters. The molecule has 1 aromatic heterocycles. The lowest BCUT2D eigenvalue weighted by Gasteiger charge is -2.10. The molecule has 4 aromatic rings. The number of nitrogens with one attached hydrogen (secondary N) is 1. The zero-order valence-corrected chi connectivity index (χ0v) is 18.4. The molecule has 7 heteroatoms. The van der Waals surface area contributed by atoms with Crippen LogP contribution in [0.5, 0.6) is 5.75 Å². The fraction of sp³-hybridized carbons (Fsp3) is 0.115. The number of carbonyl (C=O) groups excluding carboxylic acids is 1. The van der Waals surface area contributed by atoms with Crippen molar-refractivity contribution in [1.29, 1.82) is 0 Å². The lowest BCUT2D eigenvalue weighted by molar-refractivity contribution is 0.0696. The largest absolute Gasteiger partial charge is 0.493 e. The minimum atomic E-state index is -1.03. The average molecular weight is 442 g/mol. The van der Waals surface area contributed by atoms with Gasteiger partial charge in [0, 0.05) is 11.1 Å². The Kier molecular flexibility index (Phi) is 5.95. The number of hydrogen-bond donors (Lipinski definition) is 2. The quantitative estimate of drug-likeness (QED) is 0.440. The number of amides is 1. The van der Waals surface area contributed by atoms with E-state index in [2.05, 4.69) is 10.3 Å². The van der Waals surface area contributed by atoms with E-state index >= 15 is 0 Å². The molecule has 1 amide bonds. The highest BCUT2D eigenvalue weighted by atomic mass is 16.5. The Labute approximate surface area is 190 Å². The monoisotopic (exact) mass is 442 g/mol. The number of carboxylic acids is 1. The highest BCUT2D eigenvalue weighted by Gasteiger charge is 2.15. The van der Waals surface area contributed by atoms with Crippen LogP contribution in [-0.4, -0.2) is 24.1 Å². The molecular weight excluding hydrogens is 420 g/mol. The number of ether oxygens (including phenoxy) is 1. The lowest BCUT2D eigenvalue weighted by atomic mass is 10.1. The third kappa shape index (κ3) is 4.77. The number of methoxy groups -OCH3 is 1. The molecule has 0 fully saturated rings. The van der Waals surface area contributed by atoms with Crippen LogP contribution in [0.15, 0.2) is 76.1 Å². The first kappa shape index (κ1) is 21.8. The zero-order chi connectivity index (χ0) is 23.5. The number of para-hydroxylation sites is 1. The molecule has 33 heavy (non-hydrogen) atoms. The number of nitrogens with zero attached hydrogens (tertiary/aromatic N) is 1. The smallest absolute Gasteiger partial charge is 0.335 e. The second-order valence-electron chi connectivity index (χ2n) is 7.64. The lowest BCUT2D eigenvalue weighted by Crippen LogP contribution is -2.21. The number of fused-ring (bicyclic) bond motifs is 1. The van der Waals surface area contributed by atoms with Crippen molar-refractivity contribution in [3.8, 4) is 5.75 Å². The third-order valence-electron chi connectivity index (χ3n) is 5.03. The van der Waals surface area contributed by atoms with E-state index in [-0.39, 0.29) is 22.6 Å². The van der Waals surface area contributed by atoms with E-state index < -0.39 is 5.97 Å². The van der Waals surface area contributed by atoms with Gasteiger partial charge in [0.05, 0.1) is 18.4 Å². The van der Waals surface area contributed by atoms with E-state index in [1.165, 1.54) is 19.2 Å². The summed E-state index contributed by atoms with van der Waals surface area (Å²) in [5, 5.41) is 12.7. The number of aryl methyl sites for hydroxylation is 2. The Hall–Kier alpha value is -4.39. The SMILES string of the molecule is COc1cccc2cc(C(=O)Nc3cc(C)cc(C)c3)c(=Nc3ccc(C(=O)O)cc3)oc12. The van der Waals surface area contributed by atoms with Gasteiger partial charge in [-0.2, -0.15) is 0 Å². The fourth-order valence-electron chi connectivity index (χ4n) is 3.57. The molecule has 0 aliphatic rings. The normalized spacial score (nSPS) is 11.4. The summed E-state index contributed by atoms with van der Waals surface area (Å²) in [6, 6.07) is 18.9. The summed E-state index contributed by atoms with van der Waals surface area (Å²) in [5.74, 6) is -0.906. The van der Waals surface area contributed by atoms with E-state index in [9.17, 15) is 9.59 Å². The molecule has 2 N–H and O–H groups in total. The van der Waals surface area contributed by atoms with Gasteiger partial charge in [0.25, 0.3) is 5.91 Å². The van der Waals surface area contributed by atoms with Crippen molar-refractivity contribution in [2.75, 3.05) is 12.4 Å². The Balaban J connectivity index is 1.86. The van der Waals surface area contributed by atoms with Crippen LogP contribution < -0.4 is 15.6 Å². The molecule has 0 spiro atoms. The van der Waals surface area contributed by atoms with Crippen LogP contribution in [0.4, 0.5) is 11.4 Å². The topological polar surface area (TPSA) is 101 Å². The third-order valence-corrected chi connectivity index (χ3v) is 5.03. The first-order valence-corrected chi connectivity index (χ1v) is 10.2. The number of aromatic carboxylic acids is 1. The molecule has 0 radical (unpaired) electrons. The number of benzene rings is 3. The summed E-state index contributed by atoms with van der Waals surface area (Å²) in [7, 11) is 1.53. The van der Waals surface area contributed by atoms with Gasteiger partial charge in [-0.3, -0.25) is 4.79 Å². The molecule has 7 nitrogen and oxygen atoms in total. The molecule has 0 atom stereocenters. The van der Waals surface area contributed by atoms with Gasteiger partial charge in [0.15, 0.2) is 11.3 Å². The van der Waals surface area contributed by atoms with Gasteiger partial charge in [-0.1, -0.05) is 18.2 Å². The number of hydrogen-bond acceptors (Lipinski definition) is 5. The molecule has 166 valence electrons. The average Bonchev–Trinajstić information content (AvgIpc) is 2.77. The van der Waals surface area contributed by atoms with Crippen molar-refractivity contribution < 1.29 is 23.8 Å². The van der Waals surface area contributed by atoms with Crippen LogP contribution in [0.3, 0.4) is 0 Å². The van der Waals surface area contributed by atoms with Crippen LogP contribution in [0, 0.1) is 13.8 Å². The summed E-state index contributed by atoms with van der Waals surface area (Å²) in [5.41, 5.74) is 4.07. The van der Waals surface area contributed by atoms with Crippen LogP contribution in [0.2, 0.25) is 0 Å². The predicted octanol–water partition coefficient (Wildman–Crippen LogP) is 5.24. The van der Waals surface area contributed by atoms with E-state index in [0.29, 0.717) is 28.1 Å². The summed E-state index contributed by atoms with van der Waals surface area (Å²) >= 11 is 0. The second-order valence-corrected chi connectivity index (χ2v) is 7.64. The van der Waals surface area contributed by atoms with Crippen molar-refractivity contribution >= 4 is 34.2 Å². The molecule has 0 aliphatic heterocycles. The van der Waals surface area contributed by atoms with Crippen molar-refractivity contribution in [3.05, 3.63) is 94.5 Å². The summed E-state index contributed by atoms with van der Waals surface area (Å²) in [6.07, 6.45) is 0. The predicted molar refractivity (Wildman–Crippen MR) is 125 cm³/mol. The molecule has 1 heterocycles. The Morgan fingerprint density at radius 2 is 1.67 bits per heavy atom. The molecule has 0 aliphatic carbocycles. The summed E-state index contributed by atoms with van der Waals surface area (Å²) in [4.78, 5) is 28.9. The highest BCUT2D eigenvalue weighted by molar-refractivity contribution is 6.05. The second kappa shape index (κ2) is 9.00. The molecular formula is C26H22N2O5. The van der Waals surface area contributed by atoms with Gasteiger partial charge in [0.1, 0.15) is 5.56 Å². The van der Waals surface area contributed by atoms with E-state index in [1.54, 1.807) is 24.3 Å². The van der Waals surface area contributed by atoms with Gasteiger partial charge >= 0.3 is 5.97 Å². The van der Waals surface area contributed by atoms with Crippen molar-refractivity contribution in [1.82, 2.24) is 0 Å². The van der Waals surface area contributed by atoms with E-state index in [1.807, 2.05) is 44.2 Å². The van der Waals surface area contributed by atoms with Crippen molar-refractivity contribution in [2.24, 2.45) is 4.99 Å². The summed E-state index contributed by atoms with van der Waals surface area (Å²) in [6.45, 7) is 3.92. The number of rotatable bonds is 5. The number of carboxylic acid groups (broad SMARTS) is 1. The van der Waals surface area contributed by atoms with Gasteiger partial charge in [-0.15, -0.1) is 0 Å². The Morgan fingerprint density at radius 3 is 2.30 bits per heavy atom. The maximum Gasteiger partial charge on any atom is 0.335 e. The van der Waals surface area contributed by atoms with Crippen molar-refractivity contribution in [3.63, 3.8) is 0 Å². The van der Waals surface area contributed by atoms with Gasteiger partial charge in [-0.25, -0.2) is 9.79 Å².